The minimum atomic E-state index is -0.587. The van der Waals surface area contributed by atoms with Crippen molar-refractivity contribution in [2.45, 2.75) is 37.1 Å². The smallest absolute Gasteiger partial charge is 0.249 e. The molecule has 1 aliphatic rings. The molecule has 0 atom stereocenters. The maximum atomic E-state index is 12.7. The largest absolute Gasteiger partial charge is 0.497 e. The van der Waals surface area contributed by atoms with Crippen molar-refractivity contribution in [2.75, 3.05) is 32.5 Å². The summed E-state index contributed by atoms with van der Waals surface area (Å²) in [6.45, 7) is 2.54. The third kappa shape index (κ3) is 6.22. The molecule has 0 aliphatic carbocycles. The number of hydroxylamine groups is 1. The predicted molar refractivity (Wildman–Crippen MR) is 137 cm³/mol. The van der Waals surface area contributed by atoms with Crippen LogP contribution in [0.25, 0.3) is 10.9 Å². The first kappa shape index (κ1) is 25.6. The number of amides is 1. The SMILES string of the molecule is COc1ccc2ncc(Cl)c(CCCC3(C(=O)NO)CCN(CCSc4cnccn4)CC3)c2c1. The molecule has 0 radical (unpaired) electrons. The third-order valence-corrected chi connectivity index (χ3v) is 8.03. The van der Waals surface area contributed by atoms with Gasteiger partial charge in [-0.2, -0.15) is 0 Å². The molecule has 186 valence electrons. The summed E-state index contributed by atoms with van der Waals surface area (Å²) >= 11 is 8.20. The van der Waals surface area contributed by atoms with Gasteiger partial charge in [-0.15, -0.1) is 11.8 Å². The van der Waals surface area contributed by atoms with Gasteiger partial charge >= 0.3 is 0 Å². The van der Waals surface area contributed by atoms with Gasteiger partial charge in [0.2, 0.25) is 5.91 Å². The number of rotatable bonds is 10. The van der Waals surface area contributed by atoms with E-state index in [-0.39, 0.29) is 5.91 Å². The number of piperidine rings is 1. The Morgan fingerprint density at radius 1 is 1.26 bits per heavy atom. The summed E-state index contributed by atoms with van der Waals surface area (Å²) in [7, 11) is 1.64. The van der Waals surface area contributed by atoms with Crippen LogP contribution in [0.2, 0.25) is 5.02 Å². The molecule has 0 spiro atoms. The van der Waals surface area contributed by atoms with Gasteiger partial charge in [0.1, 0.15) is 10.8 Å². The Morgan fingerprint density at radius 3 is 2.80 bits per heavy atom. The second kappa shape index (κ2) is 12.0. The molecule has 0 saturated carbocycles. The Bertz CT molecular complexity index is 1140. The number of aryl methyl sites for hydroxylation is 1. The van der Waals surface area contributed by atoms with Crippen molar-refractivity contribution in [2.24, 2.45) is 5.41 Å². The summed E-state index contributed by atoms with van der Waals surface area (Å²) in [6, 6.07) is 5.76. The first-order chi connectivity index (χ1) is 17.0. The zero-order chi connectivity index (χ0) is 24.7. The van der Waals surface area contributed by atoms with Gasteiger partial charge in [0.05, 0.1) is 29.3 Å². The molecular formula is C25H30ClN5O3S. The molecule has 35 heavy (non-hydrogen) atoms. The van der Waals surface area contributed by atoms with E-state index in [1.54, 1.807) is 43.7 Å². The van der Waals surface area contributed by atoms with E-state index in [9.17, 15) is 10.0 Å². The van der Waals surface area contributed by atoms with Crippen molar-refractivity contribution in [1.82, 2.24) is 25.3 Å². The van der Waals surface area contributed by atoms with E-state index in [1.165, 1.54) is 0 Å². The van der Waals surface area contributed by atoms with Crippen molar-refractivity contribution in [3.8, 4) is 5.75 Å². The van der Waals surface area contributed by atoms with Gasteiger partial charge in [-0.25, -0.2) is 10.5 Å². The highest BCUT2D eigenvalue weighted by molar-refractivity contribution is 7.99. The number of benzene rings is 1. The van der Waals surface area contributed by atoms with Gasteiger partial charge in [-0.1, -0.05) is 11.6 Å². The maximum absolute atomic E-state index is 12.7. The average Bonchev–Trinajstić information content (AvgIpc) is 2.90. The van der Waals surface area contributed by atoms with Gasteiger partial charge in [0.15, 0.2) is 0 Å². The van der Waals surface area contributed by atoms with Crippen LogP contribution in [0.15, 0.2) is 48.0 Å². The molecule has 10 heteroatoms. The number of carbonyl (C=O) groups excluding carboxylic acids is 1. The molecule has 1 fully saturated rings. The molecule has 1 amide bonds. The molecule has 0 bridgehead atoms. The van der Waals surface area contributed by atoms with Crippen LogP contribution in [-0.4, -0.2) is 63.5 Å². The molecule has 2 aromatic heterocycles. The number of methoxy groups -OCH3 is 1. The fourth-order valence-corrected chi connectivity index (χ4v) is 5.81. The summed E-state index contributed by atoms with van der Waals surface area (Å²) in [5.74, 6) is 1.37. The lowest BCUT2D eigenvalue weighted by molar-refractivity contribution is -0.143. The summed E-state index contributed by atoms with van der Waals surface area (Å²) in [4.78, 5) is 27.9. The van der Waals surface area contributed by atoms with E-state index in [0.717, 1.165) is 59.0 Å². The standard InChI is InChI=1S/C25H30ClN5O3S/c1-34-18-4-5-22-20(15-18)19(21(26)16-29-22)3-2-6-25(24(32)30-33)7-11-31(12-8-25)13-14-35-23-17-27-9-10-28-23/h4-5,9-10,15-17,33H,2-3,6-8,11-14H2,1H3,(H,30,32). The summed E-state index contributed by atoms with van der Waals surface area (Å²) in [5, 5.41) is 12.0. The van der Waals surface area contributed by atoms with Crippen LogP contribution in [0.4, 0.5) is 0 Å². The quantitative estimate of drug-likeness (QED) is 0.233. The Kier molecular flexibility index (Phi) is 8.78. The maximum Gasteiger partial charge on any atom is 0.249 e. The number of thioether (sulfide) groups is 1. The van der Waals surface area contributed by atoms with Crippen molar-refractivity contribution in [3.05, 3.63) is 53.6 Å². The molecular weight excluding hydrogens is 486 g/mol. The minimum Gasteiger partial charge on any atom is -0.497 e. The number of nitrogens with one attached hydrogen (secondary N) is 1. The number of hydrogen-bond donors (Lipinski definition) is 2. The number of ether oxygens (including phenoxy) is 1. The van der Waals surface area contributed by atoms with Crippen LogP contribution in [0.3, 0.4) is 0 Å². The van der Waals surface area contributed by atoms with Crippen molar-refractivity contribution in [3.63, 3.8) is 0 Å². The number of aromatic nitrogens is 3. The molecule has 1 aromatic carbocycles. The lowest BCUT2D eigenvalue weighted by Crippen LogP contribution is -2.48. The van der Waals surface area contributed by atoms with Crippen molar-refractivity contribution >= 4 is 40.2 Å². The molecule has 8 nitrogen and oxygen atoms in total. The van der Waals surface area contributed by atoms with Gasteiger partial charge in [0, 0.05) is 36.3 Å². The first-order valence-electron chi connectivity index (χ1n) is 11.7. The van der Waals surface area contributed by atoms with E-state index in [0.29, 0.717) is 30.7 Å². The summed E-state index contributed by atoms with van der Waals surface area (Å²) in [5.41, 5.74) is 3.21. The first-order valence-corrected chi connectivity index (χ1v) is 13.1. The number of halogens is 1. The van der Waals surface area contributed by atoms with Crippen LogP contribution < -0.4 is 10.2 Å². The van der Waals surface area contributed by atoms with Crippen LogP contribution in [0.1, 0.15) is 31.2 Å². The molecule has 0 unspecified atom stereocenters. The highest BCUT2D eigenvalue weighted by Gasteiger charge is 2.40. The zero-order valence-electron chi connectivity index (χ0n) is 19.7. The van der Waals surface area contributed by atoms with Crippen LogP contribution in [0, 0.1) is 5.41 Å². The van der Waals surface area contributed by atoms with Crippen molar-refractivity contribution in [1.29, 1.82) is 0 Å². The number of likely N-dealkylation sites (tertiary alicyclic amines) is 1. The molecule has 3 aromatic rings. The minimum absolute atomic E-state index is 0.293. The number of fused-ring (bicyclic) bond motifs is 1. The molecule has 3 heterocycles. The fourth-order valence-electron chi connectivity index (χ4n) is 4.74. The lowest BCUT2D eigenvalue weighted by atomic mass is 9.73. The topological polar surface area (TPSA) is 100 Å². The molecule has 1 saturated heterocycles. The van der Waals surface area contributed by atoms with E-state index >= 15 is 0 Å². The number of pyridine rings is 1. The predicted octanol–water partition coefficient (Wildman–Crippen LogP) is 4.39. The number of hydrogen-bond acceptors (Lipinski definition) is 8. The molecule has 4 rings (SSSR count). The number of carbonyl (C=O) groups is 1. The Labute approximate surface area is 214 Å². The molecule has 2 N–H and O–H groups in total. The Hall–Kier alpha value is -2.46. The van der Waals surface area contributed by atoms with Crippen LogP contribution in [0.5, 0.6) is 5.75 Å². The second-order valence-electron chi connectivity index (χ2n) is 8.78. The lowest BCUT2D eigenvalue weighted by Gasteiger charge is -2.40. The third-order valence-electron chi connectivity index (χ3n) is 6.81. The molecule has 1 aliphatic heterocycles. The van der Waals surface area contributed by atoms with Gasteiger partial charge in [-0.3, -0.25) is 20.0 Å². The summed E-state index contributed by atoms with van der Waals surface area (Å²) in [6.07, 6.45) is 10.4. The van der Waals surface area contributed by atoms with E-state index < -0.39 is 5.41 Å². The second-order valence-corrected chi connectivity index (χ2v) is 10.3. The van der Waals surface area contributed by atoms with Gasteiger partial charge in [0.25, 0.3) is 0 Å². The van der Waals surface area contributed by atoms with Gasteiger partial charge in [-0.05, 0) is 69.0 Å². The highest BCUT2D eigenvalue weighted by Crippen LogP contribution is 2.38. The Balaban J connectivity index is 1.36. The number of nitrogens with zero attached hydrogens (tertiary/aromatic N) is 4. The monoisotopic (exact) mass is 515 g/mol. The van der Waals surface area contributed by atoms with E-state index in [4.69, 9.17) is 16.3 Å². The fraction of sp³-hybridized carbons (Fsp3) is 0.440. The van der Waals surface area contributed by atoms with Crippen LogP contribution >= 0.6 is 23.4 Å². The zero-order valence-corrected chi connectivity index (χ0v) is 21.3. The van der Waals surface area contributed by atoms with E-state index in [1.807, 2.05) is 23.7 Å². The normalized spacial score (nSPS) is 15.7. The van der Waals surface area contributed by atoms with Gasteiger partial charge < -0.3 is 9.64 Å². The average molecular weight is 516 g/mol. The highest BCUT2D eigenvalue weighted by atomic mass is 35.5. The summed E-state index contributed by atoms with van der Waals surface area (Å²) < 4.78 is 5.38. The Morgan fingerprint density at radius 2 is 2.09 bits per heavy atom. The van der Waals surface area contributed by atoms with Crippen molar-refractivity contribution < 1.29 is 14.7 Å². The van der Waals surface area contributed by atoms with E-state index in [2.05, 4.69) is 19.9 Å². The van der Waals surface area contributed by atoms with Crippen LogP contribution in [-0.2, 0) is 11.2 Å².